The molecule has 0 aliphatic heterocycles. The smallest absolute Gasteiger partial charge is 0.258 e. The van der Waals surface area contributed by atoms with Gasteiger partial charge in [0.15, 0.2) is 5.01 Å². The molecule has 0 radical (unpaired) electrons. The van der Waals surface area contributed by atoms with E-state index in [-0.39, 0.29) is 12.5 Å². The molecule has 7 nitrogen and oxygen atoms in total. The fraction of sp³-hybridized carbons (Fsp3) is 0.0833. The van der Waals surface area contributed by atoms with Crippen LogP contribution < -0.4 is 14.8 Å². The Bertz CT molecular complexity index is 1280. The predicted molar refractivity (Wildman–Crippen MR) is 123 cm³/mol. The predicted octanol–water partition coefficient (Wildman–Crippen LogP) is 4.29. The molecule has 0 spiro atoms. The zero-order chi connectivity index (χ0) is 22.2. The van der Waals surface area contributed by atoms with Gasteiger partial charge in [0.2, 0.25) is 5.13 Å². The molecule has 4 aromatic rings. The van der Waals surface area contributed by atoms with Gasteiger partial charge in [0.05, 0.1) is 12.7 Å². The molecule has 2 aromatic carbocycles. The largest absolute Gasteiger partial charge is 0.496 e. The Morgan fingerprint density at radius 3 is 2.69 bits per heavy atom. The number of hydrogen-bond donors (Lipinski definition) is 1. The highest BCUT2D eigenvalue weighted by molar-refractivity contribution is 7.15. The van der Waals surface area contributed by atoms with Crippen molar-refractivity contribution in [2.45, 2.75) is 0 Å². The highest BCUT2D eigenvalue weighted by Gasteiger charge is 2.17. The van der Waals surface area contributed by atoms with E-state index in [9.17, 15) is 4.79 Å². The first-order valence-corrected chi connectivity index (χ1v) is 10.4. The van der Waals surface area contributed by atoms with Crippen molar-refractivity contribution in [3.05, 3.63) is 83.6 Å². The number of carbonyl (C=O) groups excluding carboxylic acids is 1. The summed E-state index contributed by atoms with van der Waals surface area (Å²) in [7, 11) is 1.59. The highest BCUT2D eigenvalue weighted by atomic mass is 32.1. The normalized spacial score (nSPS) is 10.0. The van der Waals surface area contributed by atoms with Crippen LogP contribution in [0.4, 0.5) is 5.13 Å². The molecule has 0 saturated heterocycles. The van der Waals surface area contributed by atoms with Gasteiger partial charge in [-0.15, -0.1) is 10.2 Å². The van der Waals surface area contributed by atoms with Crippen molar-refractivity contribution in [3.8, 4) is 34.5 Å². The van der Waals surface area contributed by atoms with Gasteiger partial charge in [0.25, 0.3) is 5.91 Å². The van der Waals surface area contributed by atoms with Crippen LogP contribution in [0, 0.1) is 11.8 Å². The number of hydrogen-bond acceptors (Lipinski definition) is 7. The third-order valence-corrected chi connectivity index (χ3v) is 5.11. The van der Waals surface area contributed by atoms with Gasteiger partial charge in [-0.2, -0.15) is 0 Å². The van der Waals surface area contributed by atoms with Crippen LogP contribution in [0.25, 0.3) is 11.1 Å². The second-order valence-corrected chi connectivity index (χ2v) is 7.37. The molecule has 2 heterocycles. The molecule has 4 rings (SSSR count). The molecule has 158 valence electrons. The Kier molecular flexibility index (Phi) is 6.70. The van der Waals surface area contributed by atoms with Crippen molar-refractivity contribution in [3.63, 3.8) is 0 Å². The summed E-state index contributed by atoms with van der Waals surface area (Å²) in [6.07, 6.45) is 3.20. The van der Waals surface area contributed by atoms with Crippen molar-refractivity contribution in [2.24, 2.45) is 0 Å². The number of methoxy groups -OCH3 is 1. The molecule has 0 aliphatic rings. The first kappa shape index (κ1) is 21.0. The molecule has 0 aliphatic carbocycles. The van der Waals surface area contributed by atoms with Gasteiger partial charge in [-0.3, -0.25) is 15.1 Å². The van der Waals surface area contributed by atoms with E-state index in [1.165, 1.54) is 11.3 Å². The third kappa shape index (κ3) is 5.09. The SMILES string of the molecule is COc1ccccc1-c1cnccc1C(=O)Nc1nnc(C#CCOc2ccccc2)s1. The summed E-state index contributed by atoms with van der Waals surface area (Å²) in [5.41, 5.74) is 1.88. The van der Waals surface area contributed by atoms with Gasteiger partial charge >= 0.3 is 0 Å². The molecule has 0 atom stereocenters. The zero-order valence-electron chi connectivity index (χ0n) is 17.1. The number of pyridine rings is 1. The minimum atomic E-state index is -0.323. The zero-order valence-corrected chi connectivity index (χ0v) is 17.9. The summed E-state index contributed by atoms with van der Waals surface area (Å²) in [4.78, 5) is 17.1. The van der Waals surface area contributed by atoms with Crippen LogP contribution in [-0.4, -0.2) is 34.8 Å². The maximum Gasteiger partial charge on any atom is 0.258 e. The van der Waals surface area contributed by atoms with Crippen molar-refractivity contribution in [2.75, 3.05) is 19.0 Å². The van der Waals surface area contributed by atoms with E-state index in [1.54, 1.807) is 25.6 Å². The lowest BCUT2D eigenvalue weighted by atomic mass is 10.0. The summed E-state index contributed by atoms with van der Waals surface area (Å²) < 4.78 is 11.0. The highest BCUT2D eigenvalue weighted by Crippen LogP contribution is 2.32. The fourth-order valence-corrected chi connectivity index (χ4v) is 3.52. The van der Waals surface area contributed by atoms with Crippen molar-refractivity contribution in [1.29, 1.82) is 0 Å². The molecular formula is C24H18N4O3S. The maximum atomic E-state index is 12.9. The Labute approximate surface area is 189 Å². The summed E-state index contributed by atoms with van der Waals surface area (Å²) in [5, 5.41) is 11.6. The van der Waals surface area contributed by atoms with Gasteiger partial charge in [0, 0.05) is 23.5 Å². The van der Waals surface area contributed by atoms with Crippen LogP contribution in [0.1, 0.15) is 15.4 Å². The molecular weight excluding hydrogens is 424 g/mol. The maximum absolute atomic E-state index is 12.9. The minimum absolute atomic E-state index is 0.227. The Balaban J connectivity index is 1.45. The fourth-order valence-electron chi connectivity index (χ4n) is 2.91. The van der Waals surface area contributed by atoms with E-state index in [0.717, 1.165) is 11.3 Å². The molecule has 32 heavy (non-hydrogen) atoms. The number of benzene rings is 2. The van der Waals surface area contributed by atoms with Gasteiger partial charge < -0.3 is 9.47 Å². The molecule has 1 amide bonds. The Morgan fingerprint density at radius 1 is 1.03 bits per heavy atom. The van der Waals surface area contributed by atoms with Crippen LogP contribution in [0.2, 0.25) is 0 Å². The number of anilines is 1. The van der Waals surface area contributed by atoms with Gasteiger partial charge in [-0.25, -0.2) is 0 Å². The van der Waals surface area contributed by atoms with Crippen LogP contribution in [0.3, 0.4) is 0 Å². The third-order valence-electron chi connectivity index (χ3n) is 4.36. The second kappa shape index (κ2) is 10.2. The van der Waals surface area contributed by atoms with E-state index >= 15 is 0 Å². The second-order valence-electron chi connectivity index (χ2n) is 6.39. The number of aromatic nitrogens is 3. The number of ether oxygens (including phenoxy) is 2. The molecule has 0 saturated carbocycles. The monoisotopic (exact) mass is 442 g/mol. The standard InChI is InChI=1S/C24H18N4O3S/c1-30-21-11-6-5-10-18(21)20-16-25-14-13-19(20)23(29)26-24-28-27-22(32-24)12-7-15-31-17-8-3-2-4-9-17/h2-6,8-11,13-14,16H,15H2,1H3,(H,26,28,29). The van der Waals surface area contributed by atoms with Gasteiger partial charge in [0.1, 0.15) is 18.1 Å². The van der Waals surface area contributed by atoms with Crippen LogP contribution >= 0.6 is 11.3 Å². The first-order chi connectivity index (χ1) is 15.7. The van der Waals surface area contributed by atoms with Gasteiger partial charge in [-0.05, 0) is 30.2 Å². The number of carbonyl (C=O) groups is 1. The molecule has 0 unspecified atom stereocenters. The molecule has 0 fully saturated rings. The minimum Gasteiger partial charge on any atom is -0.496 e. The van der Waals surface area contributed by atoms with Crippen molar-refractivity contribution < 1.29 is 14.3 Å². The number of para-hydroxylation sites is 2. The Hall–Kier alpha value is -4.22. The van der Waals surface area contributed by atoms with Crippen LogP contribution in [-0.2, 0) is 0 Å². The van der Waals surface area contributed by atoms with Gasteiger partial charge in [-0.1, -0.05) is 53.7 Å². The van der Waals surface area contributed by atoms with Crippen molar-refractivity contribution in [1.82, 2.24) is 15.2 Å². The molecule has 8 heteroatoms. The van der Waals surface area contributed by atoms with E-state index in [2.05, 4.69) is 32.3 Å². The first-order valence-electron chi connectivity index (χ1n) is 9.63. The van der Waals surface area contributed by atoms with Crippen LogP contribution in [0.15, 0.2) is 73.1 Å². The van der Waals surface area contributed by atoms with E-state index in [0.29, 0.717) is 27.0 Å². The lowest BCUT2D eigenvalue weighted by Gasteiger charge is -2.11. The quantitative estimate of drug-likeness (QED) is 0.448. The lowest BCUT2D eigenvalue weighted by molar-refractivity contribution is 0.102. The molecule has 1 N–H and O–H groups in total. The number of nitrogens with one attached hydrogen (secondary N) is 1. The summed E-state index contributed by atoms with van der Waals surface area (Å²) >= 11 is 1.19. The topological polar surface area (TPSA) is 86.2 Å². The molecule has 2 aromatic heterocycles. The van der Waals surface area contributed by atoms with E-state index in [4.69, 9.17) is 9.47 Å². The summed E-state index contributed by atoms with van der Waals surface area (Å²) in [5.74, 6) is 6.86. The average molecular weight is 443 g/mol. The van der Waals surface area contributed by atoms with Crippen LogP contribution in [0.5, 0.6) is 11.5 Å². The number of rotatable bonds is 6. The average Bonchev–Trinajstić information content (AvgIpc) is 3.29. The Morgan fingerprint density at radius 2 is 1.84 bits per heavy atom. The number of nitrogens with zero attached hydrogens (tertiary/aromatic N) is 3. The van der Waals surface area contributed by atoms with E-state index < -0.39 is 0 Å². The molecule has 0 bridgehead atoms. The summed E-state index contributed by atoms with van der Waals surface area (Å²) in [6.45, 7) is 0.227. The van der Waals surface area contributed by atoms with Crippen molar-refractivity contribution >= 4 is 22.4 Å². The number of amides is 1. The van der Waals surface area contributed by atoms with E-state index in [1.807, 2.05) is 54.6 Å². The summed E-state index contributed by atoms with van der Waals surface area (Å²) in [6, 6.07) is 18.5. The lowest BCUT2D eigenvalue weighted by Crippen LogP contribution is -2.13.